The van der Waals surface area contributed by atoms with Gasteiger partial charge in [-0.05, 0) is 37.8 Å². The number of benzene rings is 1. The molecule has 1 unspecified atom stereocenters. The van der Waals surface area contributed by atoms with Crippen molar-refractivity contribution in [3.05, 3.63) is 35.4 Å². The fraction of sp³-hybridized carbons (Fsp3) is 0.647. The molecule has 1 spiro atoms. The number of piperazine rings is 1. The van der Waals surface area contributed by atoms with Gasteiger partial charge in [-0.15, -0.1) is 0 Å². The van der Waals surface area contributed by atoms with Crippen LogP contribution in [0.2, 0.25) is 0 Å². The average Bonchev–Trinajstić information content (AvgIpc) is 2.87. The molecule has 1 atom stereocenters. The summed E-state index contributed by atoms with van der Waals surface area (Å²) in [5.41, 5.74) is 3.37. The van der Waals surface area contributed by atoms with Crippen LogP contribution in [0.15, 0.2) is 24.3 Å². The topological polar surface area (TPSA) is 15.3 Å². The van der Waals surface area contributed by atoms with Gasteiger partial charge >= 0.3 is 0 Å². The van der Waals surface area contributed by atoms with Crippen molar-refractivity contribution >= 4 is 0 Å². The highest BCUT2D eigenvalue weighted by Gasteiger charge is 2.42. The molecular formula is C17H26N2. The van der Waals surface area contributed by atoms with Crippen molar-refractivity contribution < 1.29 is 0 Å². The van der Waals surface area contributed by atoms with Crippen molar-refractivity contribution in [3.8, 4) is 0 Å². The van der Waals surface area contributed by atoms with Gasteiger partial charge in [-0.25, -0.2) is 0 Å². The van der Waals surface area contributed by atoms with E-state index in [9.17, 15) is 0 Å². The monoisotopic (exact) mass is 258 g/mol. The molecule has 104 valence electrons. The Balaban J connectivity index is 1.81. The van der Waals surface area contributed by atoms with Crippen LogP contribution in [0.3, 0.4) is 0 Å². The minimum atomic E-state index is 0.439. The second-order valence-corrected chi connectivity index (χ2v) is 6.52. The number of hydrogen-bond acceptors (Lipinski definition) is 2. The van der Waals surface area contributed by atoms with Crippen LogP contribution < -0.4 is 5.32 Å². The molecule has 2 fully saturated rings. The number of nitrogens with one attached hydrogen (secondary N) is 1. The zero-order valence-electron chi connectivity index (χ0n) is 12.3. The summed E-state index contributed by atoms with van der Waals surface area (Å²) >= 11 is 0. The van der Waals surface area contributed by atoms with E-state index in [2.05, 4.69) is 48.3 Å². The fourth-order valence-corrected chi connectivity index (χ4v) is 3.82. The Morgan fingerprint density at radius 3 is 2.74 bits per heavy atom. The molecular weight excluding hydrogens is 232 g/mol. The quantitative estimate of drug-likeness (QED) is 0.877. The van der Waals surface area contributed by atoms with Gasteiger partial charge in [0, 0.05) is 31.2 Å². The van der Waals surface area contributed by atoms with Crippen LogP contribution in [-0.2, 0) is 6.54 Å². The lowest BCUT2D eigenvalue weighted by molar-refractivity contribution is 0.0391. The molecule has 0 radical (unpaired) electrons. The Kier molecular flexibility index (Phi) is 3.64. The summed E-state index contributed by atoms with van der Waals surface area (Å²) in [7, 11) is 0. The van der Waals surface area contributed by atoms with E-state index in [0.29, 0.717) is 11.6 Å². The lowest BCUT2D eigenvalue weighted by atomic mass is 9.90. The lowest BCUT2D eigenvalue weighted by Crippen LogP contribution is -2.62. The normalized spacial score (nSPS) is 26.9. The van der Waals surface area contributed by atoms with E-state index in [0.717, 1.165) is 6.54 Å². The van der Waals surface area contributed by atoms with Crippen molar-refractivity contribution in [1.29, 1.82) is 0 Å². The molecule has 1 aliphatic heterocycles. The van der Waals surface area contributed by atoms with Gasteiger partial charge < -0.3 is 5.32 Å². The first-order valence-corrected chi connectivity index (χ1v) is 7.73. The third kappa shape index (κ3) is 2.56. The van der Waals surface area contributed by atoms with Crippen LogP contribution in [0.5, 0.6) is 0 Å². The standard InChI is InChI=1S/C17H26N2/c1-14-7-3-4-8-16(14)12-19-11-15(2)18-13-17(19)9-5-6-10-17/h3-4,7-8,15,18H,5-6,9-13H2,1-2H3. The Morgan fingerprint density at radius 1 is 1.26 bits per heavy atom. The van der Waals surface area contributed by atoms with Gasteiger partial charge in [0.25, 0.3) is 0 Å². The fourth-order valence-electron chi connectivity index (χ4n) is 3.82. The third-order valence-electron chi connectivity index (χ3n) is 5.10. The van der Waals surface area contributed by atoms with Crippen molar-refractivity contribution in [2.75, 3.05) is 13.1 Å². The van der Waals surface area contributed by atoms with Crippen LogP contribution in [-0.4, -0.2) is 29.6 Å². The summed E-state index contributed by atoms with van der Waals surface area (Å²) in [5.74, 6) is 0. The second kappa shape index (κ2) is 5.26. The molecule has 2 nitrogen and oxygen atoms in total. The molecule has 1 aromatic rings. The van der Waals surface area contributed by atoms with E-state index < -0.39 is 0 Å². The molecule has 0 bridgehead atoms. The van der Waals surface area contributed by atoms with Crippen LogP contribution in [0.4, 0.5) is 0 Å². The van der Waals surface area contributed by atoms with Crippen LogP contribution in [0.1, 0.15) is 43.7 Å². The van der Waals surface area contributed by atoms with Crippen molar-refractivity contribution in [1.82, 2.24) is 10.2 Å². The first-order chi connectivity index (χ1) is 9.20. The highest BCUT2D eigenvalue weighted by Crippen LogP contribution is 2.37. The number of rotatable bonds is 2. The Hall–Kier alpha value is -0.860. The minimum Gasteiger partial charge on any atom is -0.311 e. The number of aryl methyl sites for hydroxylation is 1. The predicted octanol–water partition coefficient (Wildman–Crippen LogP) is 3.10. The minimum absolute atomic E-state index is 0.439. The summed E-state index contributed by atoms with van der Waals surface area (Å²) in [6.45, 7) is 8.04. The van der Waals surface area contributed by atoms with E-state index in [1.165, 1.54) is 49.9 Å². The molecule has 3 rings (SSSR count). The second-order valence-electron chi connectivity index (χ2n) is 6.52. The summed E-state index contributed by atoms with van der Waals surface area (Å²) in [5, 5.41) is 3.70. The predicted molar refractivity (Wildman–Crippen MR) is 80.3 cm³/mol. The first kappa shape index (κ1) is 13.1. The van der Waals surface area contributed by atoms with Gasteiger partial charge in [-0.1, -0.05) is 37.1 Å². The van der Waals surface area contributed by atoms with Crippen LogP contribution >= 0.6 is 0 Å². The van der Waals surface area contributed by atoms with Crippen LogP contribution in [0.25, 0.3) is 0 Å². The van der Waals surface area contributed by atoms with Crippen molar-refractivity contribution in [2.24, 2.45) is 0 Å². The van der Waals surface area contributed by atoms with Gasteiger partial charge in [0.1, 0.15) is 0 Å². The van der Waals surface area contributed by atoms with E-state index >= 15 is 0 Å². The number of hydrogen-bond donors (Lipinski definition) is 1. The largest absolute Gasteiger partial charge is 0.311 e. The summed E-state index contributed by atoms with van der Waals surface area (Å²) in [6, 6.07) is 9.47. The van der Waals surface area contributed by atoms with E-state index in [4.69, 9.17) is 0 Å². The smallest absolute Gasteiger partial charge is 0.0338 e. The third-order valence-corrected chi connectivity index (χ3v) is 5.10. The summed E-state index contributed by atoms with van der Waals surface area (Å²) in [4.78, 5) is 2.77. The van der Waals surface area contributed by atoms with Gasteiger partial charge in [0.15, 0.2) is 0 Å². The molecule has 2 heteroatoms. The average molecular weight is 258 g/mol. The molecule has 1 saturated carbocycles. The molecule has 1 aromatic carbocycles. The highest BCUT2D eigenvalue weighted by atomic mass is 15.3. The van der Waals surface area contributed by atoms with Gasteiger partial charge in [-0.2, -0.15) is 0 Å². The van der Waals surface area contributed by atoms with Gasteiger partial charge in [-0.3, -0.25) is 4.90 Å². The Labute approximate surface area is 117 Å². The van der Waals surface area contributed by atoms with Crippen molar-refractivity contribution in [2.45, 2.75) is 57.7 Å². The zero-order chi connectivity index (χ0) is 13.3. The summed E-state index contributed by atoms with van der Waals surface area (Å²) < 4.78 is 0. The maximum absolute atomic E-state index is 3.70. The molecule has 1 heterocycles. The Bertz CT molecular complexity index is 435. The molecule has 0 aromatic heterocycles. The highest BCUT2D eigenvalue weighted by molar-refractivity contribution is 5.26. The zero-order valence-corrected chi connectivity index (χ0v) is 12.3. The van der Waals surface area contributed by atoms with E-state index in [1.54, 1.807) is 0 Å². The number of nitrogens with zero attached hydrogens (tertiary/aromatic N) is 1. The molecule has 2 aliphatic rings. The maximum atomic E-state index is 3.70. The van der Waals surface area contributed by atoms with Crippen molar-refractivity contribution in [3.63, 3.8) is 0 Å². The van der Waals surface area contributed by atoms with E-state index in [-0.39, 0.29) is 0 Å². The molecule has 1 N–H and O–H groups in total. The van der Waals surface area contributed by atoms with Gasteiger partial charge in [0.2, 0.25) is 0 Å². The molecule has 0 amide bonds. The molecule has 19 heavy (non-hydrogen) atoms. The summed E-state index contributed by atoms with van der Waals surface area (Å²) in [6.07, 6.45) is 5.55. The van der Waals surface area contributed by atoms with Gasteiger partial charge in [0.05, 0.1) is 0 Å². The first-order valence-electron chi connectivity index (χ1n) is 7.73. The molecule has 1 aliphatic carbocycles. The van der Waals surface area contributed by atoms with Crippen LogP contribution in [0, 0.1) is 6.92 Å². The Morgan fingerprint density at radius 2 is 2.00 bits per heavy atom. The lowest BCUT2D eigenvalue weighted by Gasteiger charge is -2.48. The maximum Gasteiger partial charge on any atom is 0.0338 e. The van der Waals surface area contributed by atoms with E-state index in [1.807, 2.05) is 0 Å². The molecule has 1 saturated heterocycles. The SMILES string of the molecule is Cc1ccccc1CN1CC(C)NCC12CCCC2.